The van der Waals surface area contributed by atoms with Crippen LogP contribution < -0.4 is 4.74 Å². The molecule has 1 N–H and O–H groups in total. The summed E-state index contributed by atoms with van der Waals surface area (Å²) in [5.41, 5.74) is 2.08. The van der Waals surface area contributed by atoms with Crippen molar-refractivity contribution in [3.63, 3.8) is 0 Å². The fourth-order valence-electron chi connectivity index (χ4n) is 2.70. The number of aliphatic hydroxyl groups excluding tert-OH is 1. The Hall–Kier alpha value is -2.21. The summed E-state index contributed by atoms with van der Waals surface area (Å²) in [6.07, 6.45) is -0.152. The first-order chi connectivity index (χ1) is 13.1. The molecule has 0 heterocycles. The number of carbonyl (C=O) groups excluding carboxylic acids is 1. The Morgan fingerprint density at radius 3 is 2.22 bits per heavy atom. The number of hydrogen-bond donors (Lipinski definition) is 1. The summed E-state index contributed by atoms with van der Waals surface area (Å²) >= 11 is 0. The maximum absolute atomic E-state index is 10.7. The number of hydrogen-bond acceptors (Lipinski definition) is 5. The Morgan fingerprint density at radius 1 is 0.963 bits per heavy atom. The van der Waals surface area contributed by atoms with Gasteiger partial charge in [-0.25, -0.2) is 0 Å². The number of aldehydes is 1. The molecular formula is C22H28O5. The number of methoxy groups -OCH3 is 1. The molecule has 0 aliphatic rings. The SMILES string of the molecule is COc1ccc(CO[C@H](C[C@@H](O)CC=O)[C@@H](C)OCc2ccccc2)cc1. The molecule has 0 unspecified atom stereocenters. The molecule has 0 bridgehead atoms. The molecule has 2 aromatic rings. The molecule has 0 spiro atoms. The number of rotatable bonds is 12. The Labute approximate surface area is 160 Å². The van der Waals surface area contributed by atoms with Crippen molar-refractivity contribution in [2.24, 2.45) is 0 Å². The first-order valence-corrected chi connectivity index (χ1v) is 9.14. The Morgan fingerprint density at radius 2 is 1.59 bits per heavy atom. The van der Waals surface area contributed by atoms with Gasteiger partial charge in [0.1, 0.15) is 12.0 Å². The summed E-state index contributed by atoms with van der Waals surface area (Å²) in [6, 6.07) is 17.5. The van der Waals surface area contributed by atoms with Gasteiger partial charge in [-0.2, -0.15) is 0 Å². The molecule has 0 fully saturated rings. The first-order valence-electron chi connectivity index (χ1n) is 9.14. The van der Waals surface area contributed by atoms with E-state index in [2.05, 4.69) is 0 Å². The Kier molecular flexibility index (Phi) is 8.98. The fourth-order valence-corrected chi connectivity index (χ4v) is 2.70. The highest BCUT2D eigenvalue weighted by molar-refractivity contribution is 5.50. The van der Waals surface area contributed by atoms with Crippen LogP contribution in [0, 0.1) is 0 Å². The quantitative estimate of drug-likeness (QED) is 0.578. The van der Waals surface area contributed by atoms with Crippen molar-refractivity contribution in [2.45, 2.75) is 51.3 Å². The average molecular weight is 372 g/mol. The molecule has 0 aromatic heterocycles. The number of carbonyl (C=O) groups is 1. The normalized spacial score (nSPS) is 14.3. The zero-order valence-electron chi connectivity index (χ0n) is 15.9. The van der Waals surface area contributed by atoms with E-state index in [1.54, 1.807) is 7.11 Å². The van der Waals surface area contributed by atoms with E-state index in [9.17, 15) is 9.90 Å². The lowest BCUT2D eigenvalue weighted by molar-refractivity contribution is -0.112. The zero-order chi connectivity index (χ0) is 19.5. The standard InChI is InChI=1S/C22H28O5/c1-17(26-15-18-6-4-3-5-7-18)22(14-20(24)12-13-23)27-16-19-8-10-21(25-2)11-9-19/h3-11,13,17,20,22,24H,12,14-16H2,1-2H3/t17-,20+,22-/m1/s1. The third kappa shape index (κ3) is 7.51. The van der Waals surface area contributed by atoms with Crippen molar-refractivity contribution >= 4 is 6.29 Å². The maximum atomic E-state index is 10.7. The topological polar surface area (TPSA) is 65.0 Å². The molecule has 0 saturated carbocycles. The highest BCUT2D eigenvalue weighted by Crippen LogP contribution is 2.18. The number of aliphatic hydroxyl groups is 1. The first kappa shape index (κ1) is 21.1. The van der Waals surface area contributed by atoms with E-state index in [4.69, 9.17) is 14.2 Å². The van der Waals surface area contributed by atoms with Crippen LogP contribution in [0.4, 0.5) is 0 Å². The van der Waals surface area contributed by atoms with Crippen molar-refractivity contribution in [1.29, 1.82) is 0 Å². The van der Waals surface area contributed by atoms with Crippen molar-refractivity contribution < 1.29 is 24.1 Å². The lowest BCUT2D eigenvalue weighted by atomic mass is 10.1. The van der Waals surface area contributed by atoms with Crippen molar-refractivity contribution in [2.75, 3.05) is 7.11 Å². The van der Waals surface area contributed by atoms with Crippen LogP contribution in [0.5, 0.6) is 5.75 Å². The average Bonchev–Trinajstić information content (AvgIpc) is 2.70. The smallest absolute Gasteiger partial charge is 0.122 e. The van der Waals surface area contributed by atoms with Crippen molar-refractivity contribution in [1.82, 2.24) is 0 Å². The largest absolute Gasteiger partial charge is 0.497 e. The highest BCUT2D eigenvalue weighted by Gasteiger charge is 2.22. The lowest BCUT2D eigenvalue weighted by Gasteiger charge is -2.26. The third-order valence-corrected chi connectivity index (χ3v) is 4.38. The van der Waals surface area contributed by atoms with Gasteiger partial charge in [0.2, 0.25) is 0 Å². The minimum atomic E-state index is -0.744. The van der Waals surface area contributed by atoms with E-state index < -0.39 is 6.10 Å². The molecule has 0 radical (unpaired) electrons. The molecule has 0 aliphatic heterocycles. The van der Waals surface area contributed by atoms with E-state index in [1.807, 2.05) is 61.5 Å². The van der Waals surface area contributed by atoms with Gasteiger partial charge < -0.3 is 24.1 Å². The second kappa shape index (κ2) is 11.5. The molecule has 3 atom stereocenters. The van der Waals surface area contributed by atoms with Crippen LogP contribution in [0.25, 0.3) is 0 Å². The Balaban J connectivity index is 1.94. The van der Waals surface area contributed by atoms with Crippen molar-refractivity contribution in [3.05, 3.63) is 65.7 Å². The van der Waals surface area contributed by atoms with Gasteiger partial charge in [-0.05, 0) is 30.2 Å². The van der Waals surface area contributed by atoms with Crippen LogP contribution in [0.3, 0.4) is 0 Å². The molecule has 2 rings (SSSR count). The predicted octanol–water partition coefficient (Wildman–Crippen LogP) is 3.53. The van der Waals surface area contributed by atoms with E-state index in [0.29, 0.717) is 19.6 Å². The molecule has 0 aliphatic carbocycles. The van der Waals surface area contributed by atoms with Crippen LogP contribution in [0.2, 0.25) is 0 Å². The summed E-state index contributed by atoms with van der Waals surface area (Å²) in [6.45, 7) is 2.78. The van der Waals surface area contributed by atoms with E-state index in [1.165, 1.54) is 0 Å². The van der Waals surface area contributed by atoms with Gasteiger partial charge in [0.05, 0.1) is 38.6 Å². The summed E-state index contributed by atoms with van der Waals surface area (Å²) in [7, 11) is 1.63. The van der Waals surface area contributed by atoms with Gasteiger partial charge in [-0.1, -0.05) is 42.5 Å². The molecular weight excluding hydrogens is 344 g/mol. The van der Waals surface area contributed by atoms with Crippen LogP contribution in [-0.2, 0) is 27.5 Å². The fraction of sp³-hybridized carbons (Fsp3) is 0.409. The van der Waals surface area contributed by atoms with E-state index in [-0.39, 0.29) is 18.6 Å². The summed E-state index contributed by atoms with van der Waals surface area (Å²) in [4.78, 5) is 10.7. The van der Waals surface area contributed by atoms with Gasteiger partial charge >= 0.3 is 0 Å². The summed E-state index contributed by atoms with van der Waals surface area (Å²) in [5.74, 6) is 0.788. The lowest BCUT2D eigenvalue weighted by Crippen LogP contribution is -2.33. The Bertz CT molecular complexity index is 656. The van der Waals surface area contributed by atoms with Crippen LogP contribution in [0.1, 0.15) is 30.9 Å². The molecule has 5 nitrogen and oxygen atoms in total. The summed E-state index contributed by atoms with van der Waals surface area (Å²) < 4.78 is 17.1. The summed E-state index contributed by atoms with van der Waals surface area (Å²) in [5, 5.41) is 10.0. The minimum Gasteiger partial charge on any atom is -0.497 e. The van der Waals surface area contributed by atoms with Gasteiger partial charge in [0.15, 0.2) is 0 Å². The van der Waals surface area contributed by atoms with Crippen molar-refractivity contribution in [3.8, 4) is 5.75 Å². The van der Waals surface area contributed by atoms with E-state index in [0.717, 1.165) is 23.2 Å². The van der Waals surface area contributed by atoms with Crippen LogP contribution in [0.15, 0.2) is 54.6 Å². The van der Waals surface area contributed by atoms with Gasteiger partial charge in [0.25, 0.3) is 0 Å². The highest BCUT2D eigenvalue weighted by atomic mass is 16.5. The van der Waals surface area contributed by atoms with Gasteiger partial charge in [-0.15, -0.1) is 0 Å². The second-order valence-electron chi connectivity index (χ2n) is 6.49. The third-order valence-electron chi connectivity index (χ3n) is 4.38. The molecule has 0 amide bonds. The van der Waals surface area contributed by atoms with Crippen LogP contribution >= 0.6 is 0 Å². The van der Waals surface area contributed by atoms with Gasteiger partial charge in [0, 0.05) is 12.8 Å². The zero-order valence-corrected chi connectivity index (χ0v) is 15.9. The number of benzene rings is 2. The van der Waals surface area contributed by atoms with E-state index >= 15 is 0 Å². The van der Waals surface area contributed by atoms with Crippen LogP contribution in [-0.4, -0.2) is 36.8 Å². The molecule has 0 saturated heterocycles. The molecule has 5 heteroatoms. The second-order valence-corrected chi connectivity index (χ2v) is 6.49. The maximum Gasteiger partial charge on any atom is 0.122 e. The molecule has 146 valence electrons. The molecule has 27 heavy (non-hydrogen) atoms. The predicted molar refractivity (Wildman–Crippen MR) is 104 cm³/mol. The monoisotopic (exact) mass is 372 g/mol. The molecule has 2 aromatic carbocycles. The minimum absolute atomic E-state index is 0.0911. The number of ether oxygens (including phenoxy) is 3. The van der Waals surface area contributed by atoms with Gasteiger partial charge in [-0.3, -0.25) is 0 Å².